The minimum Gasteiger partial charge on any atom is -0.303 e. The Morgan fingerprint density at radius 2 is 1.85 bits per heavy atom. The molecule has 4 rings (SSSR count). The van der Waals surface area contributed by atoms with E-state index in [2.05, 4.69) is 64.5 Å². The minimum absolute atomic E-state index is 0.311. The van der Waals surface area contributed by atoms with Crippen LogP contribution >= 0.6 is 0 Å². The second-order valence-electron chi connectivity index (χ2n) is 7.56. The third kappa shape index (κ3) is 4.25. The molecule has 1 aliphatic rings. The molecular formula is C24H26N2O. The number of likely N-dealkylation sites (tertiary alicyclic amines) is 1. The molecule has 2 heterocycles. The molecule has 138 valence electrons. The fraction of sp³-hybridized carbons (Fsp3) is 0.333. The molecular weight excluding hydrogens is 332 g/mol. The number of hydrogen-bond acceptors (Lipinski definition) is 3. The minimum atomic E-state index is 0.311. The second-order valence-corrected chi connectivity index (χ2v) is 7.56. The second kappa shape index (κ2) is 8.45. The van der Waals surface area contributed by atoms with Crippen molar-refractivity contribution in [2.75, 3.05) is 13.1 Å². The predicted molar refractivity (Wildman–Crippen MR) is 110 cm³/mol. The summed E-state index contributed by atoms with van der Waals surface area (Å²) in [4.78, 5) is 18.3. The van der Waals surface area contributed by atoms with E-state index in [0.29, 0.717) is 18.3 Å². The highest BCUT2D eigenvalue weighted by atomic mass is 16.1. The zero-order valence-electron chi connectivity index (χ0n) is 15.6. The first-order chi connectivity index (χ1) is 13.3. The zero-order valence-corrected chi connectivity index (χ0v) is 15.6. The van der Waals surface area contributed by atoms with E-state index >= 15 is 0 Å². The summed E-state index contributed by atoms with van der Waals surface area (Å²) >= 11 is 0. The molecule has 0 bridgehead atoms. The summed E-state index contributed by atoms with van der Waals surface area (Å²) in [5.41, 5.74) is 3.68. The van der Waals surface area contributed by atoms with Gasteiger partial charge in [-0.05, 0) is 67.1 Å². The summed E-state index contributed by atoms with van der Waals surface area (Å²) in [6.45, 7) is 3.22. The third-order valence-electron chi connectivity index (χ3n) is 5.86. The van der Waals surface area contributed by atoms with Gasteiger partial charge in [0.1, 0.15) is 6.29 Å². The van der Waals surface area contributed by atoms with Crippen molar-refractivity contribution in [3.63, 3.8) is 0 Å². The average molecular weight is 358 g/mol. The number of nitrogens with zero attached hydrogens (tertiary/aromatic N) is 2. The number of piperidine rings is 1. The Morgan fingerprint density at radius 1 is 1.04 bits per heavy atom. The fourth-order valence-corrected chi connectivity index (χ4v) is 4.38. The molecule has 0 amide bonds. The molecule has 1 unspecified atom stereocenters. The Kier molecular flexibility index (Phi) is 5.59. The number of carbonyl (C=O) groups excluding carboxylic acids is 1. The van der Waals surface area contributed by atoms with Crippen molar-refractivity contribution in [3.05, 3.63) is 78.0 Å². The maximum absolute atomic E-state index is 11.4. The van der Waals surface area contributed by atoms with E-state index in [4.69, 9.17) is 0 Å². The lowest BCUT2D eigenvalue weighted by Crippen LogP contribution is -2.35. The molecule has 0 spiro atoms. The standard InChI is InChI=1S/C24H26N2O/c27-16-12-23(21-8-9-24-22(17-21)7-4-13-25-24)20-10-14-26(15-11-20)18-19-5-2-1-3-6-19/h1-9,13,16-17,20,23H,10-12,14-15,18H2. The monoisotopic (exact) mass is 358 g/mol. The van der Waals surface area contributed by atoms with Crippen LogP contribution in [0.4, 0.5) is 0 Å². The summed E-state index contributed by atoms with van der Waals surface area (Å²) in [5, 5.41) is 1.16. The van der Waals surface area contributed by atoms with Gasteiger partial charge >= 0.3 is 0 Å². The molecule has 1 saturated heterocycles. The SMILES string of the molecule is O=CCC(c1ccc2ncccc2c1)C1CCN(Cc2ccccc2)CC1. The number of pyridine rings is 1. The molecule has 2 aromatic carbocycles. The normalized spacial score (nSPS) is 17.0. The van der Waals surface area contributed by atoms with E-state index in [0.717, 1.165) is 49.7 Å². The largest absolute Gasteiger partial charge is 0.303 e. The Labute approximate surface area is 161 Å². The van der Waals surface area contributed by atoms with E-state index in [1.54, 1.807) is 0 Å². The maximum atomic E-state index is 11.4. The first kappa shape index (κ1) is 17.9. The summed E-state index contributed by atoms with van der Waals surface area (Å²) in [5.74, 6) is 0.877. The van der Waals surface area contributed by atoms with Crippen LogP contribution in [0.3, 0.4) is 0 Å². The molecule has 1 aliphatic heterocycles. The fourth-order valence-electron chi connectivity index (χ4n) is 4.38. The van der Waals surface area contributed by atoms with Crippen molar-refractivity contribution < 1.29 is 4.79 Å². The van der Waals surface area contributed by atoms with Gasteiger partial charge in [-0.1, -0.05) is 42.5 Å². The van der Waals surface area contributed by atoms with Crippen LogP contribution in [-0.2, 0) is 11.3 Å². The van der Waals surface area contributed by atoms with Gasteiger partial charge in [0.05, 0.1) is 5.52 Å². The van der Waals surface area contributed by atoms with Crippen molar-refractivity contribution in [2.24, 2.45) is 5.92 Å². The molecule has 3 heteroatoms. The van der Waals surface area contributed by atoms with Gasteiger partial charge in [-0.25, -0.2) is 0 Å². The van der Waals surface area contributed by atoms with Crippen LogP contribution in [0.1, 0.15) is 36.3 Å². The van der Waals surface area contributed by atoms with Gasteiger partial charge in [0.2, 0.25) is 0 Å². The van der Waals surface area contributed by atoms with Crippen LogP contribution < -0.4 is 0 Å². The van der Waals surface area contributed by atoms with Gasteiger partial charge in [-0.2, -0.15) is 0 Å². The van der Waals surface area contributed by atoms with E-state index < -0.39 is 0 Å². The number of benzene rings is 2. The quantitative estimate of drug-likeness (QED) is 0.592. The highest BCUT2D eigenvalue weighted by Gasteiger charge is 2.27. The van der Waals surface area contributed by atoms with Crippen molar-refractivity contribution >= 4 is 17.2 Å². The molecule has 0 N–H and O–H groups in total. The van der Waals surface area contributed by atoms with E-state index in [1.807, 2.05) is 12.3 Å². The van der Waals surface area contributed by atoms with Gasteiger partial charge < -0.3 is 4.79 Å². The Balaban J connectivity index is 1.45. The first-order valence-corrected chi connectivity index (χ1v) is 9.88. The zero-order chi connectivity index (χ0) is 18.5. The lowest BCUT2D eigenvalue weighted by atomic mass is 9.78. The molecule has 1 fully saturated rings. The molecule has 1 aromatic heterocycles. The third-order valence-corrected chi connectivity index (χ3v) is 5.86. The van der Waals surface area contributed by atoms with E-state index in [9.17, 15) is 4.79 Å². The summed E-state index contributed by atoms with van der Waals surface area (Å²) in [7, 11) is 0. The summed E-state index contributed by atoms with van der Waals surface area (Å²) in [6, 6.07) is 21.2. The Bertz CT molecular complexity index is 885. The van der Waals surface area contributed by atoms with Crippen LogP contribution in [-0.4, -0.2) is 29.3 Å². The summed E-state index contributed by atoms with van der Waals surface area (Å²) in [6.07, 6.45) is 5.82. The van der Waals surface area contributed by atoms with Crippen molar-refractivity contribution in [1.82, 2.24) is 9.88 Å². The van der Waals surface area contributed by atoms with Crippen LogP contribution in [0.2, 0.25) is 0 Å². The Hall–Kier alpha value is -2.52. The molecule has 0 saturated carbocycles. The van der Waals surface area contributed by atoms with E-state index in [1.165, 1.54) is 11.1 Å². The smallest absolute Gasteiger partial charge is 0.120 e. The number of hydrogen-bond donors (Lipinski definition) is 0. The molecule has 0 aliphatic carbocycles. The van der Waals surface area contributed by atoms with Gasteiger partial charge in [0, 0.05) is 24.5 Å². The Morgan fingerprint density at radius 3 is 2.63 bits per heavy atom. The number of carbonyl (C=O) groups is 1. The van der Waals surface area contributed by atoms with Crippen LogP contribution in [0.25, 0.3) is 10.9 Å². The maximum Gasteiger partial charge on any atom is 0.120 e. The predicted octanol–water partition coefficient (Wildman–Crippen LogP) is 4.82. The molecule has 27 heavy (non-hydrogen) atoms. The summed E-state index contributed by atoms with van der Waals surface area (Å²) < 4.78 is 0. The van der Waals surface area contributed by atoms with Crippen LogP contribution in [0, 0.1) is 5.92 Å². The number of aldehydes is 1. The van der Waals surface area contributed by atoms with Gasteiger partial charge in [-0.3, -0.25) is 9.88 Å². The molecule has 3 nitrogen and oxygen atoms in total. The average Bonchev–Trinajstić information content (AvgIpc) is 2.73. The van der Waals surface area contributed by atoms with Crippen LogP contribution in [0.15, 0.2) is 66.9 Å². The molecule has 1 atom stereocenters. The van der Waals surface area contributed by atoms with Gasteiger partial charge in [-0.15, -0.1) is 0 Å². The van der Waals surface area contributed by atoms with E-state index in [-0.39, 0.29) is 0 Å². The van der Waals surface area contributed by atoms with Crippen LogP contribution in [0.5, 0.6) is 0 Å². The van der Waals surface area contributed by atoms with Crippen molar-refractivity contribution in [2.45, 2.75) is 31.7 Å². The first-order valence-electron chi connectivity index (χ1n) is 9.88. The number of rotatable bonds is 6. The van der Waals surface area contributed by atoms with Crippen molar-refractivity contribution in [1.29, 1.82) is 0 Å². The number of aromatic nitrogens is 1. The molecule has 3 aromatic rings. The van der Waals surface area contributed by atoms with Crippen molar-refractivity contribution in [3.8, 4) is 0 Å². The topological polar surface area (TPSA) is 33.2 Å². The highest BCUT2D eigenvalue weighted by Crippen LogP contribution is 2.36. The number of fused-ring (bicyclic) bond motifs is 1. The van der Waals surface area contributed by atoms with Gasteiger partial charge in [0.15, 0.2) is 0 Å². The lowest BCUT2D eigenvalue weighted by Gasteiger charge is -2.36. The lowest BCUT2D eigenvalue weighted by molar-refractivity contribution is -0.108. The molecule has 0 radical (unpaired) electrons. The highest BCUT2D eigenvalue weighted by molar-refractivity contribution is 5.79. The van der Waals surface area contributed by atoms with Gasteiger partial charge in [0.25, 0.3) is 0 Å².